The molecule has 0 aliphatic heterocycles. The number of furan rings is 1. The Balaban J connectivity index is 1.82. The van der Waals surface area contributed by atoms with Gasteiger partial charge in [0.15, 0.2) is 10.8 Å². The number of nitrogens with one attached hydrogen (secondary N) is 1. The summed E-state index contributed by atoms with van der Waals surface area (Å²) in [5, 5.41) is 3.02. The lowest BCUT2D eigenvalue weighted by Gasteiger charge is -2.35. The van der Waals surface area contributed by atoms with Crippen molar-refractivity contribution in [1.82, 2.24) is 5.32 Å². The number of rotatable bonds is 5. The summed E-state index contributed by atoms with van der Waals surface area (Å²) in [5.41, 5.74) is 0. The third kappa shape index (κ3) is 5.23. The van der Waals surface area contributed by atoms with E-state index in [1.165, 1.54) is 18.6 Å². The predicted octanol–water partition coefficient (Wildman–Crippen LogP) is 3.93. The lowest BCUT2D eigenvalue weighted by Crippen LogP contribution is -2.47. The molecule has 1 aromatic rings. The fourth-order valence-electron chi connectivity index (χ4n) is 2.92. The van der Waals surface area contributed by atoms with Crippen LogP contribution in [0.3, 0.4) is 0 Å². The van der Waals surface area contributed by atoms with Crippen molar-refractivity contribution >= 4 is 33.9 Å². The second-order valence-electron chi connectivity index (χ2n) is 6.44. The van der Waals surface area contributed by atoms with Crippen LogP contribution in [0.4, 0.5) is 0 Å². The topological polar surface area (TPSA) is 68.5 Å². The van der Waals surface area contributed by atoms with Gasteiger partial charge in [0.1, 0.15) is 5.76 Å². The largest absolute Gasteiger partial charge is 0.450 e. The molecule has 0 saturated heterocycles. The molecule has 0 spiro atoms. The van der Waals surface area contributed by atoms with Crippen LogP contribution in [0, 0.1) is 11.8 Å². The third-order valence-electron chi connectivity index (χ3n) is 4.67. The molecule has 1 heterocycles. The summed E-state index contributed by atoms with van der Waals surface area (Å²) in [5.74, 6) is 0.736. The van der Waals surface area contributed by atoms with Gasteiger partial charge >= 0.3 is 5.97 Å². The molecule has 4 atom stereocenters. The molecule has 6 heteroatoms. The number of hydrogen-bond acceptors (Lipinski definition) is 4. The minimum absolute atomic E-state index is 0.151. The maximum atomic E-state index is 12.2. The van der Waals surface area contributed by atoms with Gasteiger partial charge in [-0.2, -0.15) is 0 Å². The van der Waals surface area contributed by atoms with Crippen LogP contribution in [0.5, 0.6) is 0 Å². The zero-order valence-corrected chi connectivity index (χ0v) is 15.8. The van der Waals surface area contributed by atoms with E-state index in [1.807, 2.05) is 0 Å². The lowest BCUT2D eigenvalue weighted by atomic mass is 9.78. The summed E-state index contributed by atoms with van der Waals surface area (Å²) in [6.07, 6.45) is 5.22. The molecule has 5 nitrogen and oxygen atoms in total. The third-order valence-corrected chi connectivity index (χ3v) is 5.10. The van der Waals surface area contributed by atoms with Crippen molar-refractivity contribution in [3.8, 4) is 0 Å². The smallest absolute Gasteiger partial charge is 0.331 e. The Morgan fingerprint density at radius 2 is 2.12 bits per heavy atom. The lowest BCUT2D eigenvalue weighted by molar-refractivity contribution is -0.150. The maximum Gasteiger partial charge on any atom is 0.331 e. The first-order valence-corrected chi connectivity index (χ1v) is 9.10. The van der Waals surface area contributed by atoms with E-state index >= 15 is 0 Å². The highest BCUT2D eigenvalue weighted by Crippen LogP contribution is 2.29. The number of esters is 1. The van der Waals surface area contributed by atoms with Gasteiger partial charge in [-0.25, -0.2) is 4.79 Å². The van der Waals surface area contributed by atoms with Gasteiger partial charge < -0.3 is 14.5 Å². The van der Waals surface area contributed by atoms with Crippen LogP contribution >= 0.6 is 15.9 Å². The minimum atomic E-state index is -0.824. The summed E-state index contributed by atoms with van der Waals surface area (Å²) < 4.78 is 11.0. The molecule has 2 rings (SSSR count). The highest BCUT2D eigenvalue weighted by molar-refractivity contribution is 9.10. The summed E-state index contributed by atoms with van der Waals surface area (Å²) >= 11 is 3.18. The summed E-state index contributed by atoms with van der Waals surface area (Å²) in [6.45, 7) is 5.96. The normalized spacial score (nSPS) is 25.4. The van der Waals surface area contributed by atoms with Crippen LogP contribution in [-0.4, -0.2) is 24.0 Å². The molecular weight excluding hydrogens is 374 g/mol. The molecule has 24 heavy (non-hydrogen) atoms. The fraction of sp³-hybridized carbons (Fsp3) is 0.556. The molecule has 1 aromatic heterocycles. The molecule has 132 valence electrons. The van der Waals surface area contributed by atoms with Crippen LogP contribution in [0.25, 0.3) is 6.08 Å². The predicted molar refractivity (Wildman–Crippen MR) is 95.1 cm³/mol. The SMILES string of the molecule is C[C@@H]1[C@H](C)CCC[C@H]1NC(=O)[C@@H](C)OC(=O)/C=C/c1ccc(Br)o1. The number of ether oxygens (including phenoxy) is 1. The van der Waals surface area contributed by atoms with E-state index in [-0.39, 0.29) is 11.9 Å². The van der Waals surface area contributed by atoms with Crippen LogP contribution < -0.4 is 5.32 Å². The number of halogens is 1. The molecule has 0 radical (unpaired) electrons. The molecule has 0 aromatic carbocycles. The van der Waals surface area contributed by atoms with E-state index in [0.717, 1.165) is 12.8 Å². The van der Waals surface area contributed by atoms with Crippen molar-refractivity contribution in [3.63, 3.8) is 0 Å². The van der Waals surface area contributed by atoms with Gasteiger partial charge in [0, 0.05) is 12.1 Å². The van der Waals surface area contributed by atoms with Gasteiger partial charge in [-0.15, -0.1) is 0 Å². The first-order chi connectivity index (χ1) is 11.4. The summed E-state index contributed by atoms with van der Waals surface area (Å²) in [4.78, 5) is 24.0. The monoisotopic (exact) mass is 397 g/mol. The van der Waals surface area contributed by atoms with Crippen molar-refractivity contribution in [1.29, 1.82) is 0 Å². The zero-order chi connectivity index (χ0) is 17.7. The molecule has 1 amide bonds. The summed E-state index contributed by atoms with van der Waals surface area (Å²) in [6, 6.07) is 3.60. The standard InChI is InChI=1S/C18H24BrNO4/c1-11-5-4-6-15(12(11)2)20-18(22)13(3)23-17(21)10-8-14-7-9-16(19)24-14/h7-13,15H,4-6H2,1-3H3,(H,20,22)/b10-8+/t11-,12-,13-,15-/m1/s1. The number of amides is 1. The molecule has 0 unspecified atom stereocenters. The highest BCUT2D eigenvalue weighted by atomic mass is 79.9. The van der Waals surface area contributed by atoms with Gasteiger partial charge in [-0.05, 0) is 59.3 Å². The van der Waals surface area contributed by atoms with Crippen molar-refractivity contribution in [2.45, 2.75) is 52.2 Å². The Morgan fingerprint density at radius 1 is 1.38 bits per heavy atom. The average Bonchev–Trinajstić information content (AvgIpc) is 2.95. The Bertz CT molecular complexity index is 610. The summed E-state index contributed by atoms with van der Waals surface area (Å²) in [7, 11) is 0. The van der Waals surface area contributed by atoms with Gasteiger partial charge in [0.05, 0.1) is 0 Å². The van der Waals surface area contributed by atoms with Crippen molar-refractivity contribution in [3.05, 3.63) is 28.6 Å². The molecular formula is C18H24BrNO4. The maximum absolute atomic E-state index is 12.2. The number of carbonyl (C=O) groups is 2. The van der Waals surface area contributed by atoms with Gasteiger partial charge in [-0.1, -0.05) is 26.7 Å². The quantitative estimate of drug-likeness (QED) is 0.603. The number of hydrogen-bond donors (Lipinski definition) is 1. The Morgan fingerprint density at radius 3 is 2.79 bits per heavy atom. The molecule has 1 fully saturated rings. The van der Waals surface area contributed by atoms with E-state index in [9.17, 15) is 9.59 Å². The molecule has 1 N–H and O–H groups in total. The Hall–Kier alpha value is -1.56. The molecule has 0 bridgehead atoms. The van der Waals surface area contributed by atoms with Crippen LogP contribution in [0.2, 0.25) is 0 Å². The first kappa shape index (κ1) is 18.8. The fourth-order valence-corrected chi connectivity index (χ4v) is 3.24. The van der Waals surface area contributed by atoms with Crippen LogP contribution in [0.1, 0.15) is 45.8 Å². The van der Waals surface area contributed by atoms with Gasteiger partial charge in [-0.3, -0.25) is 4.79 Å². The van der Waals surface area contributed by atoms with E-state index in [4.69, 9.17) is 9.15 Å². The minimum Gasteiger partial charge on any atom is -0.450 e. The average molecular weight is 398 g/mol. The van der Waals surface area contributed by atoms with Gasteiger partial charge in [0.25, 0.3) is 5.91 Å². The van der Waals surface area contributed by atoms with Crippen LogP contribution in [-0.2, 0) is 14.3 Å². The van der Waals surface area contributed by atoms with E-state index < -0.39 is 12.1 Å². The van der Waals surface area contributed by atoms with E-state index in [0.29, 0.717) is 22.3 Å². The molecule has 1 aliphatic rings. The zero-order valence-electron chi connectivity index (χ0n) is 14.3. The molecule has 1 saturated carbocycles. The molecule has 1 aliphatic carbocycles. The highest BCUT2D eigenvalue weighted by Gasteiger charge is 2.29. The second kappa shape index (κ2) is 8.51. The van der Waals surface area contributed by atoms with E-state index in [1.54, 1.807) is 19.1 Å². The second-order valence-corrected chi connectivity index (χ2v) is 7.22. The van der Waals surface area contributed by atoms with Crippen molar-refractivity contribution in [2.24, 2.45) is 11.8 Å². The van der Waals surface area contributed by atoms with Crippen LogP contribution in [0.15, 0.2) is 27.3 Å². The van der Waals surface area contributed by atoms with Gasteiger partial charge in [0.2, 0.25) is 0 Å². The van der Waals surface area contributed by atoms with Crippen molar-refractivity contribution in [2.75, 3.05) is 0 Å². The van der Waals surface area contributed by atoms with E-state index in [2.05, 4.69) is 35.1 Å². The Labute approximate surface area is 150 Å². The van der Waals surface area contributed by atoms with Crippen molar-refractivity contribution < 1.29 is 18.7 Å². The Kier molecular flexibility index (Phi) is 6.66. The first-order valence-electron chi connectivity index (χ1n) is 8.31. The number of carbonyl (C=O) groups excluding carboxylic acids is 2.